The number of imidazole rings is 1. The van der Waals surface area contributed by atoms with Gasteiger partial charge in [0, 0.05) is 23.9 Å². The SMILES string of the molecule is COc1cccc(C=Cc2nc3c(F)cc(F)cc3n2-c2ccc(C#N)cn2)c1OC1CCCC1. The van der Waals surface area contributed by atoms with Crippen LogP contribution in [0.4, 0.5) is 8.78 Å². The third-order valence-corrected chi connectivity index (χ3v) is 6.04. The van der Waals surface area contributed by atoms with Gasteiger partial charge >= 0.3 is 0 Å². The van der Waals surface area contributed by atoms with Gasteiger partial charge in [-0.15, -0.1) is 0 Å². The van der Waals surface area contributed by atoms with Crippen molar-refractivity contribution in [2.75, 3.05) is 7.11 Å². The molecular formula is C27H22F2N4O2. The molecule has 1 aliphatic carbocycles. The molecule has 0 N–H and O–H groups in total. The molecule has 1 fully saturated rings. The van der Waals surface area contributed by atoms with Crippen molar-refractivity contribution < 1.29 is 18.3 Å². The molecule has 0 saturated heterocycles. The molecule has 0 atom stereocenters. The van der Waals surface area contributed by atoms with Crippen molar-refractivity contribution in [2.24, 2.45) is 0 Å². The topological polar surface area (TPSA) is 73.0 Å². The second kappa shape index (κ2) is 9.55. The first-order chi connectivity index (χ1) is 17.1. The van der Waals surface area contributed by atoms with E-state index in [1.165, 1.54) is 12.3 Å². The Bertz CT molecular complexity index is 1450. The van der Waals surface area contributed by atoms with Gasteiger partial charge in [0.1, 0.15) is 29.0 Å². The molecule has 0 aliphatic heterocycles. The van der Waals surface area contributed by atoms with Gasteiger partial charge in [-0.1, -0.05) is 12.1 Å². The summed E-state index contributed by atoms with van der Waals surface area (Å²) >= 11 is 0. The van der Waals surface area contributed by atoms with E-state index in [1.807, 2.05) is 30.3 Å². The molecule has 2 heterocycles. The Labute approximate surface area is 201 Å². The molecule has 0 radical (unpaired) electrons. The number of para-hydroxylation sites is 1. The summed E-state index contributed by atoms with van der Waals surface area (Å²) in [5, 5.41) is 9.10. The molecule has 0 unspecified atom stereocenters. The largest absolute Gasteiger partial charge is 0.493 e. The van der Waals surface area contributed by atoms with E-state index in [-0.39, 0.29) is 17.1 Å². The molecule has 35 heavy (non-hydrogen) atoms. The van der Waals surface area contributed by atoms with Crippen LogP contribution in [0.2, 0.25) is 0 Å². The zero-order chi connectivity index (χ0) is 24.4. The summed E-state index contributed by atoms with van der Waals surface area (Å²) in [5.41, 5.74) is 1.39. The number of aromatic nitrogens is 3. The van der Waals surface area contributed by atoms with E-state index in [4.69, 9.17) is 14.7 Å². The molecular weight excluding hydrogens is 450 g/mol. The Morgan fingerprint density at radius 1 is 1.11 bits per heavy atom. The zero-order valence-electron chi connectivity index (χ0n) is 19.0. The van der Waals surface area contributed by atoms with Crippen molar-refractivity contribution in [2.45, 2.75) is 31.8 Å². The maximum Gasteiger partial charge on any atom is 0.168 e. The number of hydrogen-bond acceptors (Lipinski definition) is 5. The smallest absolute Gasteiger partial charge is 0.168 e. The van der Waals surface area contributed by atoms with Gasteiger partial charge in [0.2, 0.25) is 0 Å². The molecule has 2 aromatic carbocycles. The highest BCUT2D eigenvalue weighted by Gasteiger charge is 2.21. The monoisotopic (exact) mass is 472 g/mol. The molecule has 1 saturated carbocycles. The molecule has 1 aliphatic rings. The summed E-state index contributed by atoms with van der Waals surface area (Å²) in [7, 11) is 1.59. The van der Waals surface area contributed by atoms with Crippen molar-refractivity contribution in [1.82, 2.24) is 14.5 Å². The molecule has 0 bridgehead atoms. The number of fused-ring (bicyclic) bond motifs is 1. The van der Waals surface area contributed by atoms with Crippen molar-refractivity contribution in [1.29, 1.82) is 5.26 Å². The fourth-order valence-electron chi connectivity index (χ4n) is 4.35. The van der Waals surface area contributed by atoms with Gasteiger partial charge in [-0.25, -0.2) is 18.7 Å². The normalized spacial score (nSPS) is 14.0. The van der Waals surface area contributed by atoms with Crippen LogP contribution in [-0.2, 0) is 0 Å². The Morgan fingerprint density at radius 2 is 1.94 bits per heavy atom. The lowest BCUT2D eigenvalue weighted by molar-refractivity contribution is 0.200. The van der Waals surface area contributed by atoms with E-state index >= 15 is 0 Å². The number of hydrogen-bond donors (Lipinski definition) is 0. The maximum absolute atomic E-state index is 14.6. The number of benzene rings is 2. The lowest BCUT2D eigenvalue weighted by Crippen LogP contribution is -2.12. The Morgan fingerprint density at radius 3 is 2.66 bits per heavy atom. The molecule has 176 valence electrons. The predicted molar refractivity (Wildman–Crippen MR) is 128 cm³/mol. The highest BCUT2D eigenvalue weighted by molar-refractivity contribution is 5.83. The van der Waals surface area contributed by atoms with Crippen molar-refractivity contribution in [3.8, 4) is 23.4 Å². The van der Waals surface area contributed by atoms with Gasteiger partial charge in [-0.3, -0.25) is 4.57 Å². The van der Waals surface area contributed by atoms with Crippen molar-refractivity contribution in [3.63, 3.8) is 0 Å². The average molecular weight is 472 g/mol. The molecule has 8 heteroatoms. The van der Waals surface area contributed by atoms with Gasteiger partial charge in [0.25, 0.3) is 0 Å². The summed E-state index contributed by atoms with van der Waals surface area (Å²) in [5.74, 6) is 0.485. The average Bonchev–Trinajstić information content (AvgIpc) is 3.51. The fraction of sp³-hybridized carbons (Fsp3) is 0.222. The van der Waals surface area contributed by atoms with Gasteiger partial charge in [-0.2, -0.15) is 5.26 Å². The first kappa shape index (κ1) is 22.5. The van der Waals surface area contributed by atoms with Crippen LogP contribution in [0.3, 0.4) is 0 Å². The quantitative estimate of drug-likeness (QED) is 0.341. The molecule has 0 spiro atoms. The summed E-state index contributed by atoms with van der Waals surface area (Å²) in [6, 6.07) is 12.8. The van der Waals surface area contributed by atoms with Crippen LogP contribution in [0.5, 0.6) is 11.5 Å². The minimum Gasteiger partial charge on any atom is -0.493 e. The summed E-state index contributed by atoms with van der Waals surface area (Å²) in [4.78, 5) is 8.73. The van der Waals surface area contributed by atoms with Crippen LogP contribution in [0.15, 0.2) is 48.7 Å². The van der Waals surface area contributed by atoms with E-state index < -0.39 is 11.6 Å². The summed E-state index contributed by atoms with van der Waals surface area (Å²) in [6.07, 6.45) is 9.29. The molecule has 0 amide bonds. The predicted octanol–water partition coefficient (Wildman–Crippen LogP) is 6.07. The van der Waals surface area contributed by atoms with Gasteiger partial charge in [-0.05, 0) is 56.0 Å². The number of nitriles is 1. The maximum atomic E-state index is 14.6. The first-order valence-corrected chi connectivity index (χ1v) is 11.3. The van der Waals surface area contributed by atoms with Gasteiger partial charge < -0.3 is 9.47 Å². The lowest BCUT2D eigenvalue weighted by Gasteiger charge is -2.18. The lowest BCUT2D eigenvalue weighted by atomic mass is 10.1. The van der Waals surface area contributed by atoms with E-state index in [9.17, 15) is 8.78 Å². The summed E-state index contributed by atoms with van der Waals surface area (Å²) < 4.78 is 42.1. The first-order valence-electron chi connectivity index (χ1n) is 11.3. The number of ether oxygens (including phenoxy) is 2. The third-order valence-electron chi connectivity index (χ3n) is 6.04. The zero-order valence-corrected chi connectivity index (χ0v) is 19.0. The highest BCUT2D eigenvalue weighted by atomic mass is 19.1. The van der Waals surface area contributed by atoms with E-state index in [1.54, 1.807) is 29.9 Å². The van der Waals surface area contributed by atoms with Crippen LogP contribution < -0.4 is 9.47 Å². The van der Waals surface area contributed by atoms with Crippen LogP contribution in [0, 0.1) is 23.0 Å². The number of methoxy groups -OCH3 is 1. The summed E-state index contributed by atoms with van der Waals surface area (Å²) in [6.45, 7) is 0. The minimum absolute atomic E-state index is 0.0188. The molecule has 2 aromatic heterocycles. The number of halogens is 2. The fourth-order valence-corrected chi connectivity index (χ4v) is 4.35. The Hall–Kier alpha value is -4.25. The van der Waals surface area contributed by atoms with Crippen molar-refractivity contribution in [3.05, 3.63) is 77.2 Å². The molecule has 6 nitrogen and oxygen atoms in total. The van der Waals surface area contributed by atoms with E-state index in [2.05, 4.69) is 9.97 Å². The number of nitrogens with zero attached hydrogens (tertiary/aromatic N) is 4. The Balaban J connectivity index is 1.62. The standard InChI is InChI=1S/C27H22F2N4O2/c1-34-23-8-4-5-18(27(23)35-20-6-2-3-7-20)10-12-25-32-26-21(29)13-19(28)14-22(26)33(25)24-11-9-17(15-30)16-31-24/h4-5,8-14,16,20H,2-3,6-7H2,1H3. The van der Waals surface area contributed by atoms with E-state index in [0.29, 0.717) is 28.7 Å². The van der Waals surface area contributed by atoms with Crippen molar-refractivity contribution >= 4 is 23.2 Å². The number of rotatable bonds is 6. The second-order valence-corrected chi connectivity index (χ2v) is 8.31. The van der Waals surface area contributed by atoms with Crippen LogP contribution >= 0.6 is 0 Å². The van der Waals surface area contributed by atoms with E-state index in [0.717, 1.165) is 37.3 Å². The van der Waals surface area contributed by atoms with Gasteiger partial charge in [0.05, 0.1) is 24.3 Å². The minimum atomic E-state index is -0.770. The molecule has 5 rings (SSSR count). The highest BCUT2D eigenvalue weighted by Crippen LogP contribution is 2.36. The Kier molecular flexibility index (Phi) is 6.15. The second-order valence-electron chi connectivity index (χ2n) is 8.31. The van der Waals surface area contributed by atoms with Crippen LogP contribution in [0.1, 0.15) is 42.6 Å². The molecule has 4 aromatic rings. The third kappa shape index (κ3) is 4.45. The number of pyridine rings is 1. The van der Waals surface area contributed by atoms with Crippen LogP contribution in [-0.4, -0.2) is 27.7 Å². The van der Waals surface area contributed by atoms with Crippen LogP contribution in [0.25, 0.3) is 29.0 Å². The van der Waals surface area contributed by atoms with Gasteiger partial charge in [0.15, 0.2) is 17.3 Å².